The zero-order valence-corrected chi connectivity index (χ0v) is 16.1. The number of nitrogens with zero attached hydrogens (tertiary/aromatic N) is 1. The van der Waals surface area contributed by atoms with Crippen molar-refractivity contribution in [3.05, 3.63) is 70.4 Å². The molecule has 2 aromatic carbocycles. The highest BCUT2D eigenvalue weighted by Gasteiger charge is 2.14. The Morgan fingerprint density at radius 1 is 1.14 bits per heavy atom. The third kappa shape index (κ3) is 3.96. The number of carboxylic acids is 1. The van der Waals surface area contributed by atoms with E-state index >= 15 is 0 Å². The number of carbonyl (C=O) groups excluding carboxylic acids is 1. The molecular weight excluding hydrogens is 356 g/mol. The van der Waals surface area contributed by atoms with Crippen LogP contribution in [0.2, 0.25) is 0 Å². The van der Waals surface area contributed by atoms with Crippen LogP contribution in [0.25, 0.3) is 10.9 Å². The van der Waals surface area contributed by atoms with E-state index in [0.717, 1.165) is 27.7 Å². The molecule has 0 aliphatic rings. The number of hydrogen-bond acceptors (Lipinski definition) is 4. The number of pyridine rings is 1. The Hall–Kier alpha value is -3.41. The first-order chi connectivity index (χ1) is 13.4. The predicted molar refractivity (Wildman–Crippen MR) is 107 cm³/mol. The van der Waals surface area contributed by atoms with Gasteiger partial charge in [0.15, 0.2) is 0 Å². The third-order valence-electron chi connectivity index (χ3n) is 4.81. The molecule has 0 unspecified atom stereocenters. The van der Waals surface area contributed by atoms with Crippen LogP contribution in [0, 0.1) is 13.8 Å². The molecule has 0 bridgehead atoms. The van der Waals surface area contributed by atoms with Crippen molar-refractivity contribution in [1.29, 1.82) is 0 Å². The fourth-order valence-corrected chi connectivity index (χ4v) is 3.29. The van der Waals surface area contributed by atoms with E-state index in [1.807, 2.05) is 38.1 Å². The highest BCUT2D eigenvalue weighted by Crippen LogP contribution is 2.23. The number of aromatic nitrogens is 1. The summed E-state index contributed by atoms with van der Waals surface area (Å²) in [6.07, 6.45) is 0.220. The minimum atomic E-state index is -1.07. The van der Waals surface area contributed by atoms with Crippen molar-refractivity contribution in [2.45, 2.75) is 26.8 Å². The van der Waals surface area contributed by atoms with E-state index in [1.54, 1.807) is 12.1 Å². The quantitative estimate of drug-likeness (QED) is 0.686. The zero-order chi connectivity index (χ0) is 20.3. The molecule has 1 aromatic heterocycles. The number of amides is 1. The number of fused-ring (bicyclic) bond motifs is 1. The summed E-state index contributed by atoms with van der Waals surface area (Å²) in [6.45, 7) is 4.15. The maximum absolute atomic E-state index is 12.5. The van der Waals surface area contributed by atoms with Crippen molar-refractivity contribution in [2.24, 2.45) is 0 Å². The van der Waals surface area contributed by atoms with Crippen LogP contribution in [0.5, 0.6) is 5.75 Å². The molecule has 6 heteroatoms. The van der Waals surface area contributed by atoms with Gasteiger partial charge in [0.2, 0.25) is 5.91 Å². The number of nitrogens with one attached hydrogen (secondary N) is 1. The van der Waals surface area contributed by atoms with E-state index in [4.69, 9.17) is 4.74 Å². The third-order valence-corrected chi connectivity index (χ3v) is 4.81. The second-order valence-electron chi connectivity index (χ2n) is 6.61. The zero-order valence-electron chi connectivity index (χ0n) is 16.1. The lowest BCUT2D eigenvalue weighted by Gasteiger charge is -2.13. The molecule has 0 saturated heterocycles. The lowest BCUT2D eigenvalue weighted by molar-refractivity contribution is -0.120. The normalized spacial score (nSPS) is 10.7. The molecule has 0 radical (unpaired) electrons. The summed E-state index contributed by atoms with van der Waals surface area (Å²) in [5.74, 6) is -0.925. The van der Waals surface area contributed by atoms with Crippen molar-refractivity contribution in [2.75, 3.05) is 7.11 Å². The van der Waals surface area contributed by atoms with Gasteiger partial charge >= 0.3 is 5.97 Å². The monoisotopic (exact) mass is 378 g/mol. The number of methoxy groups -OCH3 is 1. The second-order valence-corrected chi connectivity index (χ2v) is 6.61. The first-order valence-corrected chi connectivity index (χ1v) is 8.92. The fraction of sp³-hybridized carbons (Fsp3) is 0.227. The number of carbonyl (C=O) groups is 2. The van der Waals surface area contributed by atoms with Gasteiger partial charge in [-0.05, 0) is 48.7 Å². The van der Waals surface area contributed by atoms with Gasteiger partial charge in [-0.2, -0.15) is 0 Å². The first kappa shape index (κ1) is 19.4. The van der Waals surface area contributed by atoms with Crippen molar-refractivity contribution in [1.82, 2.24) is 10.3 Å². The Balaban J connectivity index is 1.74. The van der Waals surface area contributed by atoms with Gasteiger partial charge in [-0.15, -0.1) is 0 Å². The van der Waals surface area contributed by atoms with Crippen LogP contribution in [-0.4, -0.2) is 29.1 Å². The first-order valence-electron chi connectivity index (χ1n) is 8.92. The average Bonchev–Trinajstić information content (AvgIpc) is 2.69. The van der Waals surface area contributed by atoms with Crippen molar-refractivity contribution < 1.29 is 19.4 Å². The summed E-state index contributed by atoms with van der Waals surface area (Å²) in [5, 5.41) is 13.2. The molecular formula is C22H22N2O4. The Kier molecular flexibility index (Phi) is 5.59. The summed E-state index contributed by atoms with van der Waals surface area (Å²) in [5.41, 5.74) is 4.48. The Morgan fingerprint density at radius 3 is 2.61 bits per heavy atom. The molecule has 6 nitrogen and oxygen atoms in total. The van der Waals surface area contributed by atoms with E-state index in [-0.39, 0.29) is 30.2 Å². The molecule has 0 aliphatic carbocycles. The summed E-state index contributed by atoms with van der Waals surface area (Å²) in [7, 11) is 1.42. The summed E-state index contributed by atoms with van der Waals surface area (Å²) in [6, 6.07) is 12.7. The van der Waals surface area contributed by atoms with Crippen molar-refractivity contribution in [3.8, 4) is 5.75 Å². The second kappa shape index (κ2) is 8.08. The van der Waals surface area contributed by atoms with Gasteiger partial charge in [-0.1, -0.05) is 24.3 Å². The van der Waals surface area contributed by atoms with Crippen LogP contribution in [0.3, 0.4) is 0 Å². The van der Waals surface area contributed by atoms with Gasteiger partial charge in [0.25, 0.3) is 0 Å². The molecule has 1 amide bonds. The summed E-state index contributed by atoms with van der Waals surface area (Å²) in [4.78, 5) is 28.4. The molecule has 28 heavy (non-hydrogen) atoms. The van der Waals surface area contributed by atoms with E-state index in [0.29, 0.717) is 5.56 Å². The van der Waals surface area contributed by atoms with E-state index < -0.39 is 5.97 Å². The largest absolute Gasteiger partial charge is 0.496 e. The minimum absolute atomic E-state index is 0.0691. The highest BCUT2D eigenvalue weighted by molar-refractivity contribution is 5.91. The van der Waals surface area contributed by atoms with Gasteiger partial charge in [0.1, 0.15) is 11.3 Å². The van der Waals surface area contributed by atoms with Crippen LogP contribution in [-0.2, 0) is 17.8 Å². The lowest BCUT2D eigenvalue weighted by atomic mass is 9.99. The van der Waals surface area contributed by atoms with E-state index in [2.05, 4.69) is 10.3 Å². The molecule has 1 heterocycles. The average molecular weight is 378 g/mol. The van der Waals surface area contributed by atoms with Gasteiger partial charge in [0, 0.05) is 17.6 Å². The number of hydrogen-bond donors (Lipinski definition) is 2. The minimum Gasteiger partial charge on any atom is -0.496 e. The molecule has 0 saturated carbocycles. The van der Waals surface area contributed by atoms with Crippen LogP contribution in [0.4, 0.5) is 0 Å². The van der Waals surface area contributed by atoms with Crippen LogP contribution < -0.4 is 10.1 Å². The number of aryl methyl sites for hydroxylation is 2. The SMILES string of the molecule is COc1ccc(CNC(=O)Cc2c(C)nc3ccccc3c2C)cc1C(=O)O. The van der Waals surface area contributed by atoms with E-state index in [9.17, 15) is 14.7 Å². The smallest absolute Gasteiger partial charge is 0.339 e. The fourth-order valence-electron chi connectivity index (χ4n) is 3.29. The molecule has 0 atom stereocenters. The van der Waals surface area contributed by atoms with Crippen molar-refractivity contribution in [3.63, 3.8) is 0 Å². The maximum atomic E-state index is 12.5. The topological polar surface area (TPSA) is 88.5 Å². The lowest BCUT2D eigenvalue weighted by Crippen LogP contribution is -2.25. The molecule has 0 spiro atoms. The summed E-state index contributed by atoms with van der Waals surface area (Å²) < 4.78 is 5.05. The molecule has 3 aromatic rings. The number of ether oxygens (including phenoxy) is 1. The molecule has 0 aliphatic heterocycles. The highest BCUT2D eigenvalue weighted by atomic mass is 16.5. The number of benzene rings is 2. The molecule has 3 rings (SSSR count). The van der Waals surface area contributed by atoms with Crippen LogP contribution >= 0.6 is 0 Å². The van der Waals surface area contributed by atoms with Gasteiger partial charge < -0.3 is 15.2 Å². The maximum Gasteiger partial charge on any atom is 0.339 e. The summed E-state index contributed by atoms with van der Waals surface area (Å²) >= 11 is 0. The van der Waals surface area contributed by atoms with Gasteiger partial charge in [-0.3, -0.25) is 9.78 Å². The number of aromatic carboxylic acids is 1. The predicted octanol–water partition coefficient (Wildman–Crippen LogP) is 3.42. The van der Waals surface area contributed by atoms with Gasteiger partial charge in [0.05, 0.1) is 19.0 Å². The van der Waals surface area contributed by atoms with Crippen LogP contribution in [0.15, 0.2) is 42.5 Å². The molecule has 144 valence electrons. The standard InChI is InChI=1S/C22H22N2O4/c1-13-16-6-4-5-7-19(16)24-14(2)17(13)11-21(25)23-12-15-8-9-20(28-3)18(10-15)22(26)27/h4-10H,11-12H2,1-3H3,(H,23,25)(H,26,27). The van der Waals surface area contributed by atoms with Crippen molar-refractivity contribution >= 4 is 22.8 Å². The Labute approximate surface area is 163 Å². The number of rotatable bonds is 6. The number of para-hydroxylation sites is 1. The Morgan fingerprint density at radius 2 is 1.89 bits per heavy atom. The van der Waals surface area contributed by atoms with Gasteiger partial charge in [-0.25, -0.2) is 4.79 Å². The Bertz CT molecular complexity index is 1060. The number of carboxylic acid groups (broad SMARTS) is 1. The van der Waals surface area contributed by atoms with E-state index in [1.165, 1.54) is 13.2 Å². The molecule has 2 N–H and O–H groups in total. The van der Waals surface area contributed by atoms with Crippen LogP contribution in [0.1, 0.15) is 32.7 Å². The molecule has 0 fully saturated rings.